The van der Waals surface area contributed by atoms with Crippen LogP contribution in [0.15, 0.2) is 67.0 Å². The molecule has 0 radical (unpaired) electrons. The van der Waals surface area contributed by atoms with Crippen molar-refractivity contribution in [2.24, 2.45) is 0 Å². The highest BCUT2D eigenvalue weighted by Crippen LogP contribution is 2.12. The standard InChI is InChI=1S/C22H21N3O4/c1-15(26)18-8-10-20(11-9-18)24-21(27)16(2)29-22(28)19-12-23-25(14-19)13-17-6-4-3-5-7-17/h3-12,14,16H,13H2,1-2H3,(H,24,27). The van der Waals surface area contributed by atoms with Crippen LogP contribution in [-0.2, 0) is 16.1 Å². The van der Waals surface area contributed by atoms with Crippen LogP contribution >= 0.6 is 0 Å². The monoisotopic (exact) mass is 391 g/mol. The van der Waals surface area contributed by atoms with Gasteiger partial charge in [-0.1, -0.05) is 30.3 Å². The molecule has 0 bridgehead atoms. The summed E-state index contributed by atoms with van der Waals surface area (Å²) in [7, 11) is 0. The van der Waals surface area contributed by atoms with Gasteiger partial charge in [0.15, 0.2) is 11.9 Å². The Morgan fingerprint density at radius 2 is 1.72 bits per heavy atom. The molecule has 3 rings (SSSR count). The minimum atomic E-state index is -0.993. The Hall–Kier alpha value is -3.74. The van der Waals surface area contributed by atoms with Crippen LogP contribution in [0.3, 0.4) is 0 Å². The molecule has 0 spiro atoms. The third-order valence-electron chi connectivity index (χ3n) is 4.27. The molecule has 148 valence electrons. The molecule has 1 amide bonds. The average molecular weight is 391 g/mol. The summed E-state index contributed by atoms with van der Waals surface area (Å²) in [4.78, 5) is 35.9. The van der Waals surface area contributed by atoms with Gasteiger partial charge in [0.1, 0.15) is 0 Å². The number of nitrogens with zero attached hydrogens (tertiary/aromatic N) is 2. The van der Waals surface area contributed by atoms with Gasteiger partial charge >= 0.3 is 5.97 Å². The molecule has 3 aromatic rings. The van der Waals surface area contributed by atoms with Gasteiger partial charge < -0.3 is 10.1 Å². The van der Waals surface area contributed by atoms with Crippen molar-refractivity contribution in [1.82, 2.24) is 9.78 Å². The highest BCUT2D eigenvalue weighted by atomic mass is 16.5. The summed E-state index contributed by atoms with van der Waals surface area (Å²) in [5, 5.41) is 6.82. The van der Waals surface area contributed by atoms with E-state index in [4.69, 9.17) is 4.74 Å². The summed E-state index contributed by atoms with van der Waals surface area (Å²) in [6.45, 7) is 3.49. The molecule has 1 unspecified atom stereocenters. The van der Waals surface area contributed by atoms with Gasteiger partial charge in [-0.25, -0.2) is 4.79 Å². The molecular formula is C22H21N3O4. The summed E-state index contributed by atoms with van der Waals surface area (Å²) >= 11 is 0. The Kier molecular flexibility index (Phi) is 6.19. The number of esters is 1. The third-order valence-corrected chi connectivity index (χ3v) is 4.27. The molecule has 29 heavy (non-hydrogen) atoms. The van der Waals surface area contributed by atoms with Crippen molar-refractivity contribution >= 4 is 23.3 Å². The van der Waals surface area contributed by atoms with E-state index in [1.165, 1.54) is 20.0 Å². The fourth-order valence-electron chi connectivity index (χ4n) is 2.64. The lowest BCUT2D eigenvalue weighted by Crippen LogP contribution is -2.29. The van der Waals surface area contributed by atoms with E-state index >= 15 is 0 Å². The highest BCUT2D eigenvalue weighted by Gasteiger charge is 2.20. The molecule has 1 atom stereocenters. The highest BCUT2D eigenvalue weighted by molar-refractivity contribution is 5.98. The van der Waals surface area contributed by atoms with E-state index in [9.17, 15) is 14.4 Å². The number of carbonyl (C=O) groups excluding carboxylic acids is 3. The van der Waals surface area contributed by atoms with E-state index in [1.54, 1.807) is 35.1 Å². The molecule has 0 aliphatic carbocycles. The Bertz CT molecular complexity index is 1010. The second kappa shape index (κ2) is 8.97. The van der Waals surface area contributed by atoms with E-state index in [0.717, 1.165) is 5.56 Å². The smallest absolute Gasteiger partial charge is 0.342 e. The number of carbonyl (C=O) groups is 3. The zero-order valence-electron chi connectivity index (χ0n) is 16.2. The third kappa shape index (κ3) is 5.38. The van der Waals surface area contributed by atoms with Crippen molar-refractivity contribution in [3.8, 4) is 0 Å². The Morgan fingerprint density at radius 3 is 2.38 bits per heavy atom. The number of aromatic nitrogens is 2. The van der Waals surface area contributed by atoms with E-state index in [0.29, 0.717) is 17.8 Å². The van der Waals surface area contributed by atoms with Crippen molar-refractivity contribution < 1.29 is 19.1 Å². The fourth-order valence-corrected chi connectivity index (χ4v) is 2.64. The van der Waals surface area contributed by atoms with Gasteiger partial charge in [-0.05, 0) is 43.7 Å². The van der Waals surface area contributed by atoms with Crippen molar-refractivity contribution in [1.29, 1.82) is 0 Å². The summed E-state index contributed by atoms with van der Waals surface area (Å²) in [5.41, 5.74) is 2.39. The van der Waals surface area contributed by atoms with Crippen LogP contribution < -0.4 is 5.32 Å². The number of benzene rings is 2. The van der Waals surface area contributed by atoms with Gasteiger partial charge in [0, 0.05) is 17.4 Å². The molecule has 0 saturated carbocycles. The average Bonchev–Trinajstić information content (AvgIpc) is 3.17. The maximum absolute atomic E-state index is 12.3. The van der Waals surface area contributed by atoms with Gasteiger partial charge in [-0.15, -0.1) is 0 Å². The molecule has 0 aliphatic rings. The first-order valence-electron chi connectivity index (χ1n) is 9.11. The first-order valence-corrected chi connectivity index (χ1v) is 9.11. The zero-order valence-corrected chi connectivity index (χ0v) is 16.2. The molecule has 0 fully saturated rings. The van der Waals surface area contributed by atoms with Crippen LogP contribution in [-0.4, -0.2) is 33.5 Å². The number of hydrogen-bond donors (Lipinski definition) is 1. The van der Waals surface area contributed by atoms with E-state index in [1.807, 2.05) is 30.3 Å². The Balaban J connectivity index is 1.55. The molecule has 1 heterocycles. The topological polar surface area (TPSA) is 90.3 Å². The van der Waals surface area contributed by atoms with Gasteiger partial charge in [-0.2, -0.15) is 5.10 Å². The van der Waals surface area contributed by atoms with Gasteiger partial charge in [0.05, 0.1) is 18.3 Å². The van der Waals surface area contributed by atoms with Crippen LogP contribution in [0, 0.1) is 0 Å². The first-order chi connectivity index (χ1) is 13.9. The van der Waals surface area contributed by atoms with Crippen LogP contribution in [0.4, 0.5) is 5.69 Å². The lowest BCUT2D eigenvalue weighted by molar-refractivity contribution is -0.123. The molecule has 1 aromatic heterocycles. The summed E-state index contributed by atoms with van der Waals surface area (Å²) in [6.07, 6.45) is 2.00. The predicted molar refractivity (Wildman–Crippen MR) is 108 cm³/mol. The molecule has 2 aromatic carbocycles. The molecule has 1 N–H and O–H groups in total. The van der Waals surface area contributed by atoms with Crippen LogP contribution in [0.1, 0.15) is 40.1 Å². The number of ether oxygens (including phenoxy) is 1. The van der Waals surface area contributed by atoms with Crippen LogP contribution in [0.5, 0.6) is 0 Å². The fraction of sp³-hybridized carbons (Fsp3) is 0.182. The van der Waals surface area contributed by atoms with Gasteiger partial charge in [0.2, 0.25) is 0 Å². The number of ketones is 1. The normalized spacial score (nSPS) is 11.5. The minimum Gasteiger partial charge on any atom is -0.449 e. The Labute approximate surface area is 168 Å². The predicted octanol–water partition coefficient (Wildman–Crippen LogP) is 3.32. The van der Waals surface area contributed by atoms with Crippen molar-refractivity contribution in [3.63, 3.8) is 0 Å². The second-order valence-electron chi connectivity index (χ2n) is 6.58. The quantitative estimate of drug-likeness (QED) is 0.493. The zero-order chi connectivity index (χ0) is 20.8. The van der Waals surface area contributed by atoms with E-state index in [2.05, 4.69) is 10.4 Å². The van der Waals surface area contributed by atoms with Crippen molar-refractivity contribution in [2.45, 2.75) is 26.5 Å². The molecule has 7 heteroatoms. The lowest BCUT2D eigenvalue weighted by Gasteiger charge is -2.13. The first kappa shape index (κ1) is 20.0. The lowest BCUT2D eigenvalue weighted by atomic mass is 10.1. The van der Waals surface area contributed by atoms with Crippen LogP contribution in [0.25, 0.3) is 0 Å². The number of Topliss-reactive ketones (excluding diaryl/α,β-unsaturated/α-hetero) is 1. The van der Waals surface area contributed by atoms with Gasteiger partial charge in [-0.3, -0.25) is 14.3 Å². The van der Waals surface area contributed by atoms with E-state index in [-0.39, 0.29) is 11.3 Å². The van der Waals surface area contributed by atoms with Crippen molar-refractivity contribution in [2.75, 3.05) is 5.32 Å². The Morgan fingerprint density at radius 1 is 1.03 bits per heavy atom. The number of hydrogen-bond acceptors (Lipinski definition) is 5. The number of rotatable bonds is 7. The summed E-state index contributed by atoms with van der Waals surface area (Å²) in [5.74, 6) is -1.15. The van der Waals surface area contributed by atoms with Gasteiger partial charge in [0.25, 0.3) is 5.91 Å². The number of amides is 1. The van der Waals surface area contributed by atoms with E-state index < -0.39 is 18.0 Å². The number of anilines is 1. The SMILES string of the molecule is CC(=O)c1ccc(NC(=O)C(C)OC(=O)c2cnn(Cc3ccccc3)c2)cc1. The molecule has 0 saturated heterocycles. The molecule has 0 aliphatic heterocycles. The summed E-state index contributed by atoms with van der Waals surface area (Å²) < 4.78 is 6.87. The largest absolute Gasteiger partial charge is 0.449 e. The maximum atomic E-state index is 12.3. The number of nitrogens with one attached hydrogen (secondary N) is 1. The maximum Gasteiger partial charge on any atom is 0.342 e. The van der Waals surface area contributed by atoms with Crippen molar-refractivity contribution in [3.05, 3.63) is 83.7 Å². The molecular weight excluding hydrogens is 370 g/mol. The molecule has 7 nitrogen and oxygen atoms in total. The minimum absolute atomic E-state index is 0.0574. The summed E-state index contributed by atoms with van der Waals surface area (Å²) in [6, 6.07) is 16.2. The second-order valence-corrected chi connectivity index (χ2v) is 6.58. The van der Waals surface area contributed by atoms with Crippen LogP contribution in [0.2, 0.25) is 0 Å².